The van der Waals surface area contributed by atoms with Crippen molar-refractivity contribution in [2.75, 3.05) is 17.7 Å². The Bertz CT molecular complexity index is 1950. The van der Waals surface area contributed by atoms with Crippen molar-refractivity contribution >= 4 is 64.3 Å². The number of amides is 3. The number of carbonyl (C=O) groups is 4. The molecule has 5 rings (SSSR count). The van der Waals surface area contributed by atoms with E-state index >= 15 is 0 Å². The Kier molecular flexibility index (Phi) is 9.97. The topological polar surface area (TPSA) is 155 Å². The number of aryl methyl sites for hydroxylation is 1. The van der Waals surface area contributed by atoms with Crippen LogP contribution in [0.25, 0.3) is 17.3 Å². The van der Waals surface area contributed by atoms with E-state index in [0.29, 0.717) is 16.9 Å². The summed E-state index contributed by atoms with van der Waals surface area (Å²) >= 11 is 12.5. The molecule has 4 bridgehead atoms. The zero-order valence-corrected chi connectivity index (χ0v) is 26.4. The van der Waals surface area contributed by atoms with Gasteiger partial charge in [-0.1, -0.05) is 23.2 Å². The highest BCUT2D eigenvalue weighted by molar-refractivity contribution is 6.32. The largest absolute Gasteiger partial charge is 0.453 e. The Morgan fingerprint density at radius 2 is 1.85 bits per heavy atom. The zero-order chi connectivity index (χ0) is 33.8. The van der Waals surface area contributed by atoms with Crippen molar-refractivity contribution in [3.63, 3.8) is 0 Å². The normalized spacial score (nSPS) is 14.5. The predicted molar refractivity (Wildman–Crippen MR) is 171 cm³/mol. The van der Waals surface area contributed by atoms with E-state index in [0.717, 1.165) is 12.2 Å². The number of hydrogen-bond donors (Lipinski definition) is 4. The fraction of sp³-hybridized carbons (Fsp3) is 0.188. The van der Waals surface area contributed by atoms with Crippen LogP contribution in [0.2, 0.25) is 10.2 Å². The summed E-state index contributed by atoms with van der Waals surface area (Å²) in [6, 6.07) is 8.96. The van der Waals surface area contributed by atoms with Gasteiger partial charge in [-0.3, -0.25) is 24.7 Å². The van der Waals surface area contributed by atoms with Crippen LogP contribution in [0.5, 0.6) is 0 Å². The second kappa shape index (κ2) is 14.1. The lowest BCUT2D eigenvalue weighted by molar-refractivity contribution is -0.117. The second-order valence-corrected chi connectivity index (χ2v) is 11.2. The molecule has 3 amide bonds. The highest BCUT2D eigenvalue weighted by atomic mass is 35.5. The molecule has 47 heavy (non-hydrogen) atoms. The average Bonchev–Trinajstić information content (AvgIpc) is 3.42. The van der Waals surface area contributed by atoms with Crippen molar-refractivity contribution in [1.29, 1.82) is 0 Å². The second-order valence-electron chi connectivity index (χ2n) is 10.4. The first-order valence-electron chi connectivity index (χ1n) is 14.1. The van der Waals surface area contributed by atoms with Crippen LogP contribution < -0.4 is 16.0 Å². The van der Waals surface area contributed by atoms with Crippen LogP contribution in [-0.2, 0) is 27.2 Å². The summed E-state index contributed by atoms with van der Waals surface area (Å²) in [5.74, 6) is -2.86. The number of pyridine rings is 1. The number of halogens is 4. The number of benzene rings is 2. The summed E-state index contributed by atoms with van der Waals surface area (Å²) in [4.78, 5) is 62.0. The van der Waals surface area contributed by atoms with Crippen molar-refractivity contribution in [3.05, 3.63) is 98.7 Å². The monoisotopic (exact) mass is 682 g/mol. The minimum absolute atomic E-state index is 0.0153. The van der Waals surface area contributed by atoms with Crippen molar-refractivity contribution < 1.29 is 32.7 Å². The molecule has 2 aromatic heterocycles. The number of aromatic amines is 1. The third-order valence-corrected chi connectivity index (χ3v) is 7.76. The Morgan fingerprint density at radius 3 is 2.60 bits per heavy atom. The number of fused-ring (bicyclic) bond motifs is 6. The SMILES string of the molecule is COC(=O)Nc1ccc2c(c1)NC(=O)CCc1nc(ccc1F)CC(NC(=O)C=Cc1c(C(C)=O)ccc(Cl)c1F)c1nc-2c(Cl)[nH]1. The van der Waals surface area contributed by atoms with Gasteiger partial charge in [-0.2, -0.15) is 0 Å². The van der Waals surface area contributed by atoms with Crippen LogP contribution in [0.1, 0.15) is 52.5 Å². The molecule has 0 saturated carbocycles. The molecular weight excluding hydrogens is 657 g/mol. The Hall–Kier alpha value is -5.14. The molecule has 1 aliphatic rings. The molecule has 242 valence electrons. The summed E-state index contributed by atoms with van der Waals surface area (Å²) < 4.78 is 34.2. The number of anilines is 2. The van der Waals surface area contributed by atoms with Gasteiger partial charge in [0.1, 0.15) is 28.3 Å². The first-order valence-corrected chi connectivity index (χ1v) is 14.9. The number of carbonyl (C=O) groups excluding carboxylic acids is 4. The number of H-pyrrole nitrogens is 1. The molecule has 4 aromatic rings. The predicted octanol–water partition coefficient (Wildman–Crippen LogP) is 6.44. The van der Waals surface area contributed by atoms with Gasteiger partial charge in [0.25, 0.3) is 0 Å². The molecule has 0 aliphatic carbocycles. The number of rotatable bonds is 5. The molecular formula is C32H26Cl2F2N6O5. The van der Waals surface area contributed by atoms with Gasteiger partial charge in [-0.05, 0) is 55.5 Å². The van der Waals surface area contributed by atoms with Crippen LogP contribution in [0.15, 0.2) is 48.5 Å². The standard InChI is InChI=1S/C32H26Cl2F2N6O5/c1-15(43)18-6-8-21(33)28(36)19(18)7-11-26(44)40-25-14-16-4-9-22(35)23(37-16)10-12-27(45)39-24-13-17(38-32(46)47-2)3-5-20(24)29-30(34)42-31(25)41-29/h3-9,11,13,25H,10,12,14H2,1-2H3,(H,38,46)(H,39,45)(H,40,44)(H,41,42). The fourth-order valence-electron chi connectivity index (χ4n) is 4.92. The van der Waals surface area contributed by atoms with Gasteiger partial charge in [-0.25, -0.2) is 18.6 Å². The van der Waals surface area contributed by atoms with Gasteiger partial charge >= 0.3 is 6.09 Å². The molecule has 0 spiro atoms. The van der Waals surface area contributed by atoms with Gasteiger partial charge in [0.15, 0.2) is 5.78 Å². The average molecular weight is 683 g/mol. The highest BCUT2D eigenvalue weighted by Crippen LogP contribution is 2.36. The lowest BCUT2D eigenvalue weighted by Gasteiger charge is -2.17. The number of Topliss-reactive ketones (excluding diaryl/α,β-unsaturated/α-hetero) is 1. The number of nitrogens with one attached hydrogen (secondary N) is 4. The summed E-state index contributed by atoms with van der Waals surface area (Å²) in [5.41, 5.74) is 1.41. The number of nitrogens with zero attached hydrogens (tertiary/aromatic N) is 2. The third-order valence-electron chi connectivity index (χ3n) is 7.20. The van der Waals surface area contributed by atoms with Gasteiger partial charge in [0.05, 0.1) is 29.6 Å². The van der Waals surface area contributed by atoms with Gasteiger partial charge < -0.3 is 20.4 Å². The van der Waals surface area contributed by atoms with E-state index in [1.807, 2.05) is 0 Å². The summed E-state index contributed by atoms with van der Waals surface area (Å²) in [6.45, 7) is 1.26. The Balaban J connectivity index is 1.56. The van der Waals surface area contributed by atoms with E-state index in [-0.39, 0.29) is 63.5 Å². The molecule has 1 unspecified atom stereocenters. The van der Waals surface area contributed by atoms with Crippen LogP contribution in [0.3, 0.4) is 0 Å². The summed E-state index contributed by atoms with van der Waals surface area (Å²) in [5, 5.41) is 7.90. The van der Waals surface area contributed by atoms with E-state index < -0.39 is 41.4 Å². The number of imidazole rings is 1. The van der Waals surface area contributed by atoms with Crippen LogP contribution in [0, 0.1) is 11.6 Å². The quantitative estimate of drug-likeness (QED) is 0.140. The van der Waals surface area contributed by atoms with Crippen LogP contribution in [0.4, 0.5) is 25.0 Å². The number of ketones is 1. The fourth-order valence-corrected chi connectivity index (χ4v) is 5.32. The summed E-state index contributed by atoms with van der Waals surface area (Å²) in [7, 11) is 1.20. The number of methoxy groups -OCH3 is 1. The summed E-state index contributed by atoms with van der Waals surface area (Å²) in [6.07, 6.45) is 1.30. The first kappa shape index (κ1) is 33.2. The number of aromatic nitrogens is 3. The molecule has 3 heterocycles. The maximum atomic E-state index is 14.8. The van der Waals surface area contributed by atoms with E-state index in [4.69, 9.17) is 23.2 Å². The van der Waals surface area contributed by atoms with E-state index in [9.17, 15) is 28.0 Å². The molecule has 4 N–H and O–H groups in total. The van der Waals surface area contributed by atoms with Crippen molar-refractivity contribution in [2.24, 2.45) is 0 Å². The maximum absolute atomic E-state index is 14.8. The minimum Gasteiger partial charge on any atom is -0.453 e. The van der Waals surface area contributed by atoms with Crippen LogP contribution >= 0.6 is 23.2 Å². The van der Waals surface area contributed by atoms with E-state index in [1.165, 1.54) is 44.4 Å². The Labute approximate surface area is 276 Å². The molecule has 1 aliphatic heterocycles. The van der Waals surface area contributed by atoms with Gasteiger partial charge in [0.2, 0.25) is 11.8 Å². The first-order chi connectivity index (χ1) is 22.4. The van der Waals surface area contributed by atoms with Crippen molar-refractivity contribution in [2.45, 2.75) is 32.2 Å². The van der Waals surface area contributed by atoms with Gasteiger partial charge in [0, 0.05) is 53.4 Å². The molecule has 0 fully saturated rings. The smallest absolute Gasteiger partial charge is 0.411 e. The molecule has 1 atom stereocenters. The zero-order valence-electron chi connectivity index (χ0n) is 24.8. The Morgan fingerprint density at radius 1 is 1.06 bits per heavy atom. The maximum Gasteiger partial charge on any atom is 0.411 e. The highest BCUT2D eigenvalue weighted by Gasteiger charge is 2.25. The minimum atomic E-state index is -0.915. The molecule has 15 heteroatoms. The van der Waals surface area contributed by atoms with E-state index in [1.54, 1.807) is 12.1 Å². The lowest BCUT2D eigenvalue weighted by Crippen LogP contribution is -2.29. The van der Waals surface area contributed by atoms with Crippen LogP contribution in [-0.4, -0.2) is 45.8 Å². The van der Waals surface area contributed by atoms with Crippen molar-refractivity contribution in [3.8, 4) is 11.3 Å². The molecule has 11 nitrogen and oxygen atoms in total. The molecule has 0 radical (unpaired) electrons. The van der Waals surface area contributed by atoms with E-state index in [2.05, 4.69) is 35.6 Å². The number of ether oxygens (including phenoxy) is 1. The molecule has 0 saturated heterocycles. The lowest BCUT2D eigenvalue weighted by atomic mass is 10.0. The van der Waals surface area contributed by atoms with Gasteiger partial charge in [-0.15, -0.1) is 0 Å². The van der Waals surface area contributed by atoms with Crippen molar-refractivity contribution in [1.82, 2.24) is 20.3 Å². The molecule has 2 aromatic carbocycles. The number of hydrogen-bond acceptors (Lipinski definition) is 7. The third kappa shape index (κ3) is 7.64.